The molecule has 0 amide bonds. The molecule has 94 valence electrons. The van der Waals surface area contributed by atoms with Gasteiger partial charge in [0.1, 0.15) is 0 Å². The van der Waals surface area contributed by atoms with Crippen LogP contribution >= 0.6 is 0 Å². The molecular weight excluding hydrogens is 222 g/mol. The molecular formula is C15H19N3. The zero-order valence-corrected chi connectivity index (χ0v) is 10.9. The maximum Gasteiger partial charge on any atom is 0.0589 e. The van der Waals surface area contributed by atoms with Gasteiger partial charge in [-0.2, -0.15) is 0 Å². The van der Waals surface area contributed by atoms with Gasteiger partial charge in [0.15, 0.2) is 0 Å². The highest BCUT2D eigenvalue weighted by molar-refractivity contribution is 5.52. The van der Waals surface area contributed by atoms with Crippen LogP contribution in [0.1, 0.15) is 16.8 Å². The van der Waals surface area contributed by atoms with Crippen molar-refractivity contribution in [2.24, 2.45) is 5.73 Å². The van der Waals surface area contributed by atoms with Crippen molar-refractivity contribution < 1.29 is 0 Å². The first kappa shape index (κ1) is 12.6. The van der Waals surface area contributed by atoms with E-state index in [-0.39, 0.29) is 0 Å². The van der Waals surface area contributed by atoms with E-state index in [2.05, 4.69) is 54.2 Å². The van der Waals surface area contributed by atoms with Crippen molar-refractivity contribution in [1.82, 2.24) is 4.98 Å². The lowest BCUT2D eigenvalue weighted by molar-refractivity contribution is 0.865. The third-order valence-corrected chi connectivity index (χ3v) is 3.11. The number of anilines is 1. The standard InChI is InChI=1S/C15H19N3/c1-12-6-3-4-8-15(12)18(2)11-13-7-5-9-17-14(13)10-16/h3-9H,10-11,16H2,1-2H3. The molecule has 0 fully saturated rings. The number of hydrogen-bond acceptors (Lipinski definition) is 3. The average molecular weight is 241 g/mol. The van der Waals surface area contributed by atoms with Crippen molar-refractivity contribution in [3.63, 3.8) is 0 Å². The molecule has 0 aliphatic heterocycles. The first-order chi connectivity index (χ1) is 8.72. The molecule has 0 atom stereocenters. The van der Waals surface area contributed by atoms with Gasteiger partial charge in [-0.05, 0) is 30.2 Å². The Morgan fingerprint density at radius 1 is 1.17 bits per heavy atom. The number of nitrogens with zero attached hydrogens (tertiary/aromatic N) is 2. The minimum Gasteiger partial charge on any atom is -0.370 e. The van der Waals surface area contributed by atoms with Gasteiger partial charge >= 0.3 is 0 Å². The third kappa shape index (κ3) is 2.68. The summed E-state index contributed by atoms with van der Waals surface area (Å²) in [5.41, 5.74) is 10.4. The monoisotopic (exact) mass is 241 g/mol. The lowest BCUT2D eigenvalue weighted by Gasteiger charge is -2.22. The molecule has 2 aromatic rings. The quantitative estimate of drug-likeness (QED) is 0.894. The van der Waals surface area contributed by atoms with E-state index in [0.29, 0.717) is 6.54 Å². The van der Waals surface area contributed by atoms with E-state index in [1.54, 1.807) is 6.20 Å². The van der Waals surface area contributed by atoms with Crippen LogP contribution < -0.4 is 10.6 Å². The van der Waals surface area contributed by atoms with E-state index in [4.69, 9.17) is 5.73 Å². The van der Waals surface area contributed by atoms with Crippen LogP contribution in [-0.2, 0) is 13.1 Å². The summed E-state index contributed by atoms with van der Waals surface area (Å²) in [5, 5.41) is 0. The van der Waals surface area contributed by atoms with Gasteiger partial charge in [-0.1, -0.05) is 24.3 Å². The molecule has 0 bridgehead atoms. The summed E-state index contributed by atoms with van der Waals surface area (Å²) in [6.07, 6.45) is 1.79. The third-order valence-electron chi connectivity index (χ3n) is 3.11. The van der Waals surface area contributed by atoms with E-state index in [9.17, 15) is 0 Å². The van der Waals surface area contributed by atoms with Gasteiger partial charge in [-0.15, -0.1) is 0 Å². The zero-order chi connectivity index (χ0) is 13.0. The first-order valence-corrected chi connectivity index (χ1v) is 6.12. The Hall–Kier alpha value is -1.87. The molecule has 0 aliphatic rings. The second-order valence-corrected chi connectivity index (χ2v) is 4.46. The number of para-hydroxylation sites is 1. The zero-order valence-electron chi connectivity index (χ0n) is 10.9. The van der Waals surface area contributed by atoms with Gasteiger partial charge in [-0.25, -0.2) is 0 Å². The van der Waals surface area contributed by atoms with E-state index in [1.165, 1.54) is 16.8 Å². The van der Waals surface area contributed by atoms with Gasteiger partial charge < -0.3 is 10.6 Å². The molecule has 18 heavy (non-hydrogen) atoms. The van der Waals surface area contributed by atoms with Crippen molar-refractivity contribution in [2.45, 2.75) is 20.0 Å². The number of benzene rings is 1. The molecule has 0 unspecified atom stereocenters. The number of nitrogens with two attached hydrogens (primary N) is 1. The fourth-order valence-corrected chi connectivity index (χ4v) is 2.13. The Balaban J connectivity index is 2.21. The molecule has 0 spiro atoms. The summed E-state index contributed by atoms with van der Waals surface area (Å²) < 4.78 is 0. The van der Waals surface area contributed by atoms with Crippen LogP contribution in [0.4, 0.5) is 5.69 Å². The predicted octanol–water partition coefficient (Wildman–Crippen LogP) is 2.49. The summed E-state index contributed by atoms with van der Waals surface area (Å²) in [5.74, 6) is 0. The van der Waals surface area contributed by atoms with Gasteiger partial charge in [0.25, 0.3) is 0 Å². The van der Waals surface area contributed by atoms with Crippen LogP contribution in [0.25, 0.3) is 0 Å². The lowest BCUT2D eigenvalue weighted by atomic mass is 10.1. The summed E-state index contributed by atoms with van der Waals surface area (Å²) in [7, 11) is 2.09. The van der Waals surface area contributed by atoms with Crippen molar-refractivity contribution >= 4 is 5.69 Å². The maximum atomic E-state index is 5.71. The molecule has 0 saturated heterocycles. The van der Waals surface area contributed by atoms with E-state index < -0.39 is 0 Å². The Morgan fingerprint density at radius 3 is 2.67 bits per heavy atom. The topological polar surface area (TPSA) is 42.2 Å². The van der Waals surface area contributed by atoms with Crippen molar-refractivity contribution in [3.8, 4) is 0 Å². The first-order valence-electron chi connectivity index (χ1n) is 6.12. The Labute approximate surface area is 108 Å². The predicted molar refractivity (Wildman–Crippen MR) is 75.4 cm³/mol. The second-order valence-electron chi connectivity index (χ2n) is 4.46. The number of aryl methyl sites for hydroxylation is 1. The molecule has 1 aromatic carbocycles. The Bertz CT molecular complexity index is 523. The number of hydrogen-bond donors (Lipinski definition) is 1. The molecule has 3 heteroatoms. The number of rotatable bonds is 4. The van der Waals surface area contributed by atoms with Gasteiger partial charge in [0, 0.05) is 32.0 Å². The second kappa shape index (κ2) is 5.65. The lowest BCUT2D eigenvalue weighted by Crippen LogP contribution is -2.19. The van der Waals surface area contributed by atoms with E-state index in [0.717, 1.165) is 12.2 Å². The van der Waals surface area contributed by atoms with Crippen LogP contribution in [0, 0.1) is 6.92 Å². The summed E-state index contributed by atoms with van der Waals surface area (Å²) >= 11 is 0. The molecule has 0 aliphatic carbocycles. The fraction of sp³-hybridized carbons (Fsp3) is 0.267. The molecule has 2 N–H and O–H groups in total. The van der Waals surface area contributed by atoms with Crippen LogP contribution in [-0.4, -0.2) is 12.0 Å². The highest BCUT2D eigenvalue weighted by Gasteiger charge is 2.07. The molecule has 2 rings (SSSR count). The molecule has 1 heterocycles. The fourth-order valence-electron chi connectivity index (χ4n) is 2.13. The Morgan fingerprint density at radius 2 is 1.94 bits per heavy atom. The van der Waals surface area contributed by atoms with Crippen molar-refractivity contribution in [1.29, 1.82) is 0 Å². The normalized spacial score (nSPS) is 10.4. The van der Waals surface area contributed by atoms with Crippen molar-refractivity contribution in [2.75, 3.05) is 11.9 Å². The number of aromatic nitrogens is 1. The summed E-state index contributed by atoms with van der Waals surface area (Å²) in [6.45, 7) is 3.43. The molecule has 3 nitrogen and oxygen atoms in total. The minimum atomic E-state index is 0.484. The van der Waals surface area contributed by atoms with Crippen molar-refractivity contribution in [3.05, 3.63) is 59.4 Å². The maximum absolute atomic E-state index is 5.71. The van der Waals surface area contributed by atoms with E-state index >= 15 is 0 Å². The molecule has 1 aromatic heterocycles. The van der Waals surface area contributed by atoms with Crippen LogP contribution in [0.2, 0.25) is 0 Å². The molecule has 0 radical (unpaired) electrons. The Kier molecular flexibility index (Phi) is 3.95. The van der Waals surface area contributed by atoms with Crippen LogP contribution in [0.15, 0.2) is 42.6 Å². The summed E-state index contributed by atoms with van der Waals surface area (Å²) in [4.78, 5) is 6.54. The SMILES string of the molecule is Cc1ccccc1N(C)Cc1cccnc1CN. The number of pyridine rings is 1. The average Bonchev–Trinajstić information content (AvgIpc) is 2.39. The minimum absolute atomic E-state index is 0.484. The van der Waals surface area contributed by atoms with Gasteiger partial charge in [-0.3, -0.25) is 4.98 Å². The smallest absolute Gasteiger partial charge is 0.0589 e. The molecule has 0 saturated carbocycles. The summed E-state index contributed by atoms with van der Waals surface area (Å²) in [6, 6.07) is 12.4. The van der Waals surface area contributed by atoms with Gasteiger partial charge in [0.2, 0.25) is 0 Å². The van der Waals surface area contributed by atoms with E-state index in [1.807, 2.05) is 6.07 Å². The highest BCUT2D eigenvalue weighted by atomic mass is 15.1. The van der Waals surface area contributed by atoms with Crippen LogP contribution in [0.3, 0.4) is 0 Å². The van der Waals surface area contributed by atoms with Gasteiger partial charge in [0.05, 0.1) is 5.69 Å². The highest BCUT2D eigenvalue weighted by Crippen LogP contribution is 2.20. The van der Waals surface area contributed by atoms with Crippen LogP contribution in [0.5, 0.6) is 0 Å². The largest absolute Gasteiger partial charge is 0.370 e.